The lowest BCUT2D eigenvalue weighted by Gasteiger charge is -2.30. The van der Waals surface area contributed by atoms with Crippen LogP contribution in [0.25, 0.3) is 11.4 Å². The SMILES string of the molecule is Cc1ccccc1C(=O)N1CCC(c2nc(-c3ccnnc3)no2)CC1. The lowest BCUT2D eigenvalue weighted by atomic mass is 9.96. The van der Waals surface area contributed by atoms with Gasteiger partial charge in [0.25, 0.3) is 5.91 Å². The Morgan fingerprint density at radius 3 is 2.69 bits per heavy atom. The molecule has 1 amide bonds. The van der Waals surface area contributed by atoms with Crippen molar-refractivity contribution in [3.05, 3.63) is 59.7 Å². The van der Waals surface area contributed by atoms with Crippen molar-refractivity contribution < 1.29 is 9.32 Å². The fourth-order valence-corrected chi connectivity index (χ4v) is 3.25. The van der Waals surface area contributed by atoms with Crippen molar-refractivity contribution in [3.63, 3.8) is 0 Å². The Bertz CT molecular complexity index is 901. The molecule has 26 heavy (non-hydrogen) atoms. The van der Waals surface area contributed by atoms with Crippen LogP contribution in [-0.4, -0.2) is 44.2 Å². The Kier molecular flexibility index (Phi) is 4.43. The van der Waals surface area contributed by atoms with E-state index in [9.17, 15) is 4.79 Å². The van der Waals surface area contributed by atoms with E-state index in [4.69, 9.17) is 4.52 Å². The van der Waals surface area contributed by atoms with E-state index in [0.717, 1.165) is 29.5 Å². The molecule has 0 N–H and O–H groups in total. The number of hydrogen-bond acceptors (Lipinski definition) is 6. The van der Waals surface area contributed by atoms with Gasteiger partial charge < -0.3 is 9.42 Å². The molecule has 3 heterocycles. The molecular formula is C19H19N5O2. The molecule has 0 saturated carbocycles. The van der Waals surface area contributed by atoms with Crippen LogP contribution >= 0.6 is 0 Å². The quantitative estimate of drug-likeness (QED) is 0.723. The van der Waals surface area contributed by atoms with Crippen LogP contribution in [0.15, 0.2) is 47.2 Å². The van der Waals surface area contributed by atoms with E-state index in [2.05, 4.69) is 20.3 Å². The van der Waals surface area contributed by atoms with Crippen LogP contribution in [0, 0.1) is 6.92 Å². The lowest BCUT2D eigenvalue weighted by molar-refractivity contribution is 0.0704. The summed E-state index contributed by atoms with van der Waals surface area (Å²) in [5.41, 5.74) is 2.56. The molecule has 0 atom stereocenters. The maximum atomic E-state index is 12.7. The van der Waals surface area contributed by atoms with Crippen molar-refractivity contribution in [2.75, 3.05) is 13.1 Å². The fraction of sp³-hybridized carbons (Fsp3) is 0.316. The number of likely N-dealkylation sites (tertiary alicyclic amines) is 1. The highest BCUT2D eigenvalue weighted by molar-refractivity contribution is 5.95. The van der Waals surface area contributed by atoms with Crippen molar-refractivity contribution in [2.45, 2.75) is 25.7 Å². The summed E-state index contributed by atoms with van der Waals surface area (Å²) in [6, 6.07) is 9.50. The third-order valence-corrected chi connectivity index (χ3v) is 4.79. The molecule has 1 aliphatic heterocycles. The van der Waals surface area contributed by atoms with Crippen molar-refractivity contribution >= 4 is 5.91 Å². The Morgan fingerprint density at radius 2 is 1.96 bits per heavy atom. The molecule has 132 valence electrons. The number of carbonyl (C=O) groups excluding carboxylic acids is 1. The van der Waals surface area contributed by atoms with Crippen LogP contribution in [0.2, 0.25) is 0 Å². The molecule has 1 aromatic carbocycles. The summed E-state index contributed by atoms with van der Waals surface area (Å²) in [5, 5.41) is 11.6. The van der Waals surface area contributed by atoms with Crippen LogP contribution in [0.4, 0.5) is 0 Å². The summed E-state index contributed by atoms with van der Waals surface area (Å²) >= 11 is 0. The highest BCUT2D eigenvalue weighted by Crippen LogP contribution is 2.29. The van der Waals surface area contributed by atoms with Crippen LogP contribution in [0.1, 0.15) is 40.6 Å². The molecular weight excluding hydrogens is 330 g/mol. The fourth-order valence-electron chi connectivity index (χ4n) is 3.25. The van der Waals surface area contributed by atoms with Gasteiger partial charge in [0.1, 0.15) is 0 Å². The van der Waals surface area contributed by atoms with Gasteiger partial charge in [0.2, 0.25) is 11.7 Å². The maximum absolute atomic E-state index is 12.7. The number of benzene rings is 1. The van der Waals surface area contributed by atoms with Crippen LogP contribution in [0.3, 0.4) is 0 Å². The number of hydrogen-bond donors (Lipinski definition) is 0. The van der Waals surface area contributed by atoms with E-state index in [1.165, 1.54) is 0 Å². The highest BCUT2D eigenvalue weighted by atomic mass is 16.5. The Morgan fingerprint density at radius 1 is 1.15 bits per heavy atom. The Balaban J connectivity index is 1.42. The summed E-state index contributed by atoms with van der Waals surface area (Å²) < 4.78 is 5.45. The monoisotopic (exact) mass is 349 g/mol. The van der Waals surface area contributed by atoms with Gasteiger partial charge >= 0.3 is 0 Å². The predicted octanol–water partition coefficient (Wildman–Crippen LogP) is 2.85. The number of nitrogens with zero attached hydrogens (tertiary/aromatic N) is 5. The molecule has 0 aliphatic carbocycles. The van der Waals surface area contributed by atoms with Crippen molar-refractivity contribution in [3.8, 4) is 11.4 Å². The van der Waals surface area contributed by atoms with Crippen molar-refractivity contribution in [1.82, 2.24) is 25.2 Å². The van der Waals surface area contributed by atoms with Gasteiger partial charge in [-0.25, -0.2) is 0 Å². The van der Waals surface area contributed by atoms with Gasteiger partial charge in [-0.05, 0) is 37.5 Å². The highest BCUT2D eigenvalue weighted by Gasteiger charge is 2.28. The van der Waals surface area contributed by atoms with Gasteiger partial charge in [0.05, 0.1) is 12.4 Å². The molecule has 1 saturated heterocycles. The molecule has 2 aromatic heterocycles. The molecule has 1 aliphatic rings. The molecule has 0 spiro atoms. The minimum atomic E-state index is 0.0932. The Labute approximate surface area is 151 Å². The van der Waals surface area contributed by atoms with Gasteiger partial charge in [0.15, 0.2) is 0 Å². The molecule has 1 fully saturated rings. The zero-order valence-electron chi connectivity index (χ0n) is 14.5. The number of rotatable bonds is 3. The second-order valence-corrected chi connectivity index (χ2v) is 6.47. The zero-order valence-corrected chi connectivity index (χ0v) is 14.5. The van der Waals surface area contributed by atoms with Gasteiger partial charge in [-0.3, -0.25) is 4.79 Å². The summed E-state index contributed by atoms with van der Waals surface area (Å²) in [6.45, 7) is 3.34. The van der Waals surface area contributed by atoms with E-state index >= 15 is 0 Å². The first-order valence-corrected chi connectivity index (χ1v) is 8.68. The molecule has 0 unspecified atom stereocenters. The van der Waals surface area contributed by atoms with E-state index in [0.29, 0.717) is 24.8 Å². The van der Waals surface area contributed by atoms with Gasteiger partial charge in [-0.2, -0.15) is 15.2 Å². The molecule has 0 radical (unpaired) electrons. The first kappa shape index (κ1) is 16.4. The van der Waals surface area contributed by atoms with Crippen LogP contribution in [-0.2, 0) is 0 Å². The number of aryl methyl sites for hydroxylation is 1. The zero-order chi connectivity index (χ0) is 17.9. The number of aromatic nitrogens is 4. The first-order valence-electron chi connectivity index (χ1n) is 8.68. The Hall–Kier alpha value is -3.09. The second-order valence-electron chi connectivity index (χ2n) is 6.47. The van der Waals surface area contributed by atoms with Gasteiger partial charge in [0, 0.05) is 30.1 Å². The van der Waals surface area contributed by atoms with Crippen molar-refractivity contribution in [1.29, 1.82) is 0 Å². The number of carbonyl (C=O) groups is 1. The van der Waals surface area contributed by atoms with E-state index in [-0.39, 0.29) is 11.8 Å². The van der Waals surface area contributed by atoms with E-state index in [1.807, 2.05) is 36.1 Å². The summed E-state index contributed by atoms with van der Waals surface area (Å²) in [7, 11) is 0. The molecule has 0 bridgehead atoms. The standard InChI is InChI=1S/C19H19N5O2/c1-13-4-2-3-5-16(13)19(25)24-10-7-14(8-11-24)18-22-17(23-26-18)15-6-9-20-21-12-15/h2-6,9,12,14H,7-8,10-11H2,1H3. The smallest absolute Gasteiger partial charge is 0.254 e. The van der Waals surface area contributed by atoms with Crippen molar-refractivity contribution in [2.24, 2.45) is 0 Å². The molecule has 7 heteroatoms. The predicted molar refractivity (Wildman–Crippen MR) is 94.4 cm³/mol. The molecule has 7 nitrogen and oxygen atoms in total. The minimum absolute atomic E-state index is 0.0932. The molecule has 3 aromatic rings. The summed E-state index contributed by atoms with van der Waals surface area (Å²) in [5.74, 6) is 1.41. The third-order valence-electron chi connectivity index (χ3n) is 4.79. The van der Waals surface area contributed by atoms with E-state index < -0.39 is 0 Å². The largest absolute Gasteiger partial charge is 0.339 e. The maximum Gasteiger partial charge on any atom is 0.254 e. The average Bonchev–Trinajstić information content (AvgIpc) is 3.19. The minimum Gasteiger partial charge on any atom is -0.339 e. The number of piperidine rings is 1. The normalized spacial score (nSPS) is 15.2. The topological polar surface area (TPSA) is 85.0 Å². The number of amides is 1. The summed E-state index contributed by atoms with van der Waals surface area (Å²) in [4.78, 5) is 19.1. The van der Waals surface area contributed by atoms with Gasteiger partial charge in [-0.15, -0.1) is 0 Å². The second kappa shape index (κ2) is 7.03. The van der Waals surface area contributed by atoms with Gasteiger partial charge in [-0.1, -0.05) is 23.4 Å². The van der Waals surface area contributed by atoms with Crippen LogP contribution < -0.4 is 0 Å². The third kappa shape index (κ3) is 3.20. The average molecular weight is 349 g/mol. The van der Waals surface area contributed by atoms with E-state index in [1.54, 1.807) is 18.5 Å². The molecule has 4 rings (SSSR count). The van der Waals surface area contributed by atoms with Crippen LogP contribution in [0.5, 0.6) is 0 Å². The first-order chi connectivity index (χ1) is 12.7. The lowest BCUT2D eigenvalue weighted by Crippen LogP contribution is -2.38. The summed E-state index contributed by atoms with van der Waals surface area (Å²) in [6.07, 6.45) is 4.83.